The van der Waals surface area contributed by atoms with Crippen LogP contribution in [0.2, 0.25) is 0 Å². The SMILES string of the molecule is Cc1ccc(C(=O)OCCCOCCCOCCCOC(=O)c2ccc(C)cc2)cc1. The lowest BCUT2D eigenvalue weighted by atomic mass is 10.1. The van der Waals surface area contributed by atoms with Crippen molar-refractivity contribution in [2.75, 3.05) is 39.6 Å². The summed E-state index contributed by atoms with van der Waals surface area (Å²) in [6.07, 6.45) is 2.10. The van der Waals surface area contributed by atoms with E-state index < -0.39 is 0 Å². The first kappa shape index (κ1) is 24.6. The average Bonchev–Trinajstić information content (AvgIpc) is 2.77. The van der Waals surface area contributed by atoms with Gasteiger partial charge in [-0.1, -0.05) is 35.4 Å². The van der Waals surface area contributed by atoms with Crippen LogP contribution in [0.3, 0.4) is 0 Å². The van der Waals surface area contributed by atoms with Crippen LogP contribution in [0.5, 0.6) is 0 Å². The third kappa shape index (κ3) is 10.2. The summed E-state index contributed by atoms with van der Waals surface area (Å²) in [5.41, 5.74) is 3.34. The largest absolute Gasteiger partial charge is 0.462 e. The highest BCUT2D eigenvalue weighted by Crippen LogP contribution is 2.06. The smallest absolute Gasteiger partial charge is 0.338 e. The summed E-state index contributed by atoms with van der Waals surface area (Å²) in [7, 11) is 0. The van der Waals surface area contributed by atoms with Crippen molar-refractivity contribution in [2.45, 2.75) is 33.1 Å². The van der Waals surface area contributed by atoms with Gasteiger partial charge in [0, 0.05) is 39.3 Å². The van der Waals surface area contributed by atoms with E-state index in [4.69, 9.17) is 18.9 Å². The Morgan fingerprint density at radius 2 is 0.871 bits per heavy atom. The molecule has 0 saturated heterocycles. The van der Waals surface area contributed by atoms with Crippen molar-refractivity contribution in [3.8, 4) is 0 Å². The number of benzene rings is 2. The van der Waals surface area contributed by atoms with Gasteiger partial charge in [-0.2, -0.15) is 0 Å². The molecule has 2 aromatic carbocycles. The molecule has 6 heteroatoms. The van der Waals surface area contributed by atoms with E-state index in [0.717, 1.165) is 17.5 Å². The first-order valence-corrected chi connectivity index (χ1v) is 10.7. The van der Waals surface area contributed by atoms with E-state index in [-0.39, 0.29) is 11.9 Å². The molecule has 0 N–H and O–H groups in total. The van der Waals surface area contributed by atoms with Crippen LogP contribution in [0.15, 0.2) is 48.5 Å². The van der Waals surface area contributed by atoms with Crippen molar-refractivity contribution < 1.29 is 28.5 Å². The van der Waals surface area contributed by atoms with Crippen molar-refractivity contribution in [1.82, 2.24) is 0 Å². The summed E-state index contributed by atoms with van der Waals surface area (Å²) in [6.45, 7) is 6.88. The first-order valence-electron chi connectivity index (χ1n) is 10.7. The summed E-state index contributed by atoms with van der Waals surface area (Å²) in [6, 6.07) is 14.6. The number of hydrogen-bond donors (Lipinski definition) is 0. The highest BCUT2D eigenvalue weighted by atomic mass is 16.5. The molecule has 0 heterocycles. The number of carbonyl (C=O) groups is 2. The minimum absolute atomic E-state index is 0.307. The minimum Gasteiger partial charge on any atom is -0.462 e. The number of esters is 2. The van der Waals surface area contributed by atoms with Crippen LogP contribution in [-0.2, 0) is 18.9 Å². The predicted octanol–water partition coefficient (Wildman–Crippen LogP) is 4.52. The zero-order valence-corrected chi connectivity index (χ0v) is 18.4. The third-order valence-corrected chi connectivity index (χ3v) is 4.48. The molecule has 0 aliphatic carbocycles. The minimum atomic E-state index is -0.307. The fraction of sp³-hybridized carbons (Fsp3) is 0.440. The zero-order valence-electron chi connectivity index (χ0n) is 18.4. The van der Waals surface area contributed by atoms with Gasteiger partial charge in [0.15, 0.2) is 0 Å². The summed E-state index contributed by atoms with van der Waals surface area (Å²) < 4.78 is 21.5. The molecule has 0 amide bonds. The van der Waals surface area contributed by atoms with Gasteiger partial charge in [0.1, 0.15) is 0 Å². The maximum atomic E-state index is 11.9. The Bertz CT molecular complexity index is 715. The molecule has 0 saturated carbocycles. The van der Waals surface area contributed by atoms with Gasteiger partial charge in [0.25, 0.3) is 0 Å². The Kier molecular flexibility index (Phi) is 11.4. The van der Waals surface area contributed by atoms with Gasteiger partial charge in [0.2, 0.25) is 0 Å². The Balaban J connectivity index is 1.36. The highest BCUT2D eigenvalue weighted by Gasteiger charge is 2.07. The van der Waals surface area contributed by atoms with Crippen LogP contribution >= 0.6 is 0 Å². The predicted molar refractivity (Wildman–Crippen MR) is 118 cm³/mol. The second-order valence-corrected chi connectivity index (χ2v) is 7.29. The fourth-order valence-corrected chi connectivity index (χ4v) is 2.66. The van der Waals surface area contributed by atoms with E-state index >= 15 is 0 Å². The van der Waals surface area contributed by atoms with E-state index in [2.05, 4.69) is 0 Å². The van der Waals surface area contributed by atoms with Crippen molar-refractivity contribution >= 4 is 11.9 Å². The second-order valence-electron chi connectivity index (χ2n) is 7.29. The van der Waals surface area contributed by atoms with Gasteiger partial charge in [-0.3, -0.25) is 0 Å². The van der Waals surface area contributed by atoms with Crippen molar-refractivity contribution in [3.63, 3.8) is 0 Å². The van der Waals surface area contributed by atoms with Crippen molar-refractivity contribution in [2.24, 2.45) is 0 Å². The fourth-order valence-electron chi connectivity index (χ4n) is 2.66. The monoisotopic (exact) mass is 428 g/mol. The van der Waals surface area contributed by atoms with Gasteiger partial charge in [-0.15, -0.1) is 0 Å². The van der Waals surface area contributed by atoms with Crippen LogP contribution < -0.4 is 0 Å². The number of rotatable bonds is 14. The molecule has 0 fully saturated rings. The first-order chi connectivity index (χ1) is 15.1. The molecule has 31 heavy (non-hydrogen) atoms. The molecule has 6 nitrogen and oxygen atoms in total. The molecule has 0 unspecified atom stereocenters. The van der Waals surface area contributed by atoms with E-state index in [9.17, 15) is 9.59 Å². The molecule has 0 bridgehead atoms. The van der Waals surface area contributed by atoms with Gasteiger partial charge in [-0.05, 0) is 44.5 Å². The molecule has 0 aromatic heterocycles. The zero-order chi connectivity index (χ0) is 22.3. The molecular formula is C25H32O6. The van der Waals surface area contributed by atoms with Crippen LogP contribution in [0.25, 0.3) is 0 Å². The standard InChI is InChI=1S/C25H32O6/c1-20-6-10-22(11-7-20)24(26)30-18-4-16-28-14-3-15-29-17-5-19-31-25(27)23-12-8-21(2)9-13-23/h6-13H,3-5,14-19H2,1-2H3. The molecule has 0 radical (unpaired) electrons. The number of carbonyl (C=O) groups excluding carboxylic acids is 2. The second kappa shape index (κ2) is 14.3. The quantitative estimate of drug-likeness (QED) is 0.325. The van der Waals surface area contributed by atoms with Crippen LogP contribution in [0.1, 0.15) is 51.1 Å². The van der Waals surface area contributed by atoms with Crippen LogP contribution in [0, 0.1) is 13.8 Å². The van der Waals surface area contributed by atoms with Crippen molar-refractivity contribution in [3.05, 3.63) is 70.8 Å². The molecule has 0 spiro atoms. The maximum Gasteiger partial charge on any atom is 0.338 e. The Morgan fingerprint density at radius 3 is 1.23 bits per heavy atom. The van der Waals surface area contributed by atoms with Gasteiger partial charge in [0.05, 0.1) is 24.3 Å². The van der Waals surface area contributed by atoms with E-state index in [1.807, 2.05) is 38.1 Å². The Labute approximate surface area is 184 Å². The molecular weight excluding hydrogens is 396 g/mol. The lowest BCUT2D eigenvalue weighted by molar-refractivity contribution is 0.0394. The summed E-state index contributed by atoms with van der Waals surface area (Å²) in [4.78, 5) is 23.7. The number of hydrogen-bond acceptors (Lipinski definition) is 6. The topological polar surface area (TPSA) is 71.1 Å². The Hall–Kier alpha value is -2.70. The third-order valence-electron chi connectivity index (χ3n) is 4.48. The summed E-state index contributed by atoms with van der Waals surface area (Å²) in [5, 5.41) is 0. The summed E-state index contributed by atoms with van der Waals surface area (Å²) >= 11 is 0. The maximum absolute atomic E-state index is 11.9. The average molecular weight is 429 g/mol. The molecule has 0 atom stereocenters. The molecule has 0 aliphatic rings. The highest BCUT2D eigenvalue weighted by molar-refractivity contribution is 5.89. The molecule has 168 valence electrons. The van der Waals surface area contributed by atoms with E-state index in [0.29, 0.717) is 63.6 Å². The molecule has 2 aromatic rings. The number of ether oxygens (including phenoxy) is 4. The lowest BCUT2D eigenvalue weighted by Gasteiger charge is -2.08. The molecule has 0 aliphatic heterocycles. The summed E-state index contributed by atoms with van der Waals surface area (Å²) in [5.74, 6) is -0.615. The van der Waals surface area contributed by atoms with E-state index in [1.165, 1.54) is 0 Å². The lowest BCUT2D eigenvalue weighted by Crippen LogP contribution is -2.10. The van der Waals surface area contributed by atoms with Crippen molar-refractivity contribution in [1.29, 1.82) is 0 Å². The Morgan fingerprint density at radius 1 is 0.548 bits per heavy atom. The van der Waals surface area contributed by atoms with E-state index in [1.54, 1.807) is 24.3 Å². The van der Waals surface area contributed by atoms with Crippen LogP contribution in [0.4, 0.5) is 0 Å². The molecule has 2 rings (SSSR count). The van der Waals surface area contributed by atoms with Gasteiger partial charge in [-0.25, -0.2) is 9.59 Å². The van der Waals surface area contributed by atoms with Crippen LogP contribution in [-0.4, -0.2) is 51.6 Å². The van der Waals surface area contributed by atoms with Gasteiger partial charge < -0.3 is 18.9 Å². The van der Waals surface area contributed by atoms with Gasteiger partial charge >= 0.3 is 11.9 Å². The normalized spacial score (nSPS) is 10.6. The number of aryl methyl sites for hydroxylation is 2.